The van der Waals surface area contributed by atoms with Gasteiger partial charge in [0.25, 0.3) is 0 Å². The lowest BCUT2D eigenvalue weighted by Crippen LogP contribution is -2.24. The Morgan fingerprint density at radius 2 is 2.00 bits per heavy atom. The van der Waals surface area contributed by atoms with Gasteiger partial charge >= 0.3 is 0 Å². The third-order valence-electron chi connectivity index (χ3n) is 5.00. The van der Waals surface area contributed by atoms with Gasteiger partial charge in [-0.2, -0.15) is 0 Å². The minimum atomic E-state index is -0.711. The van der Waals surface area contributed by atoms with E-state index in [2.05, 4.69) is 10.3 Å². The molecule has 0 spiro atoms. The molecule has 1 unspecified atom stereocenters. The molecule has 1 atom stereocenters. The zero-order valence-electron chi connectivity index (χ0n) is 15.9. The van der Waals surface area contributed by atoms with E-state index in [0.717, 1.165) is 0 Å². The van der Waals surface area contributed by atoms with E-state index in [1.807, 2.05) is 0 Å². The summed E-state index contributed by atoms with van der Waals surface area (Å²) in [7, 11) is 1.80. The number of fused-ring (bicyclic) bond motifs is 1. The normalized spacial score (nSPS) is 19.0. The minimum absolute atomic E-state index is 0.241. The van der Waals surface area contributed by atoms with Crippen molar-refractivity contribution in [2.45, 2.75) is 18.6 Å². The Morgan fingerprint density at radius 1 is 1.21 bits per heavy atom. The molecule has 1 fully saturated rings. The van der Waals surface area contributed by atoms with E-state index < -0.39 is 17.6 Å². The fourth-order valence-electron chi connectivity index (χ4n) is 3.44. The fourth-order valence-corrected chi connectivity index (χ4v) is 3.44. The van der Waals surface area contributed by atoms with Gasteiger partial charge in [-0.15, -0.1) is 0 Å². The first kappa shape index (κ1) is 19.5. The molecular formula is C21H21F2N3O3. The number of benzene rings is 2. The molecule has 2 heterocycles. The van der Waals surface area contributed by atoms with Crippen LogP contribution in [-0.4, -0.2) is 45.2 Å². The van der Waals surface area contributed by atoms with Crippen molar-refractivity contribution >= 4 is 29.2 Å². The third-order valence-corrected chi connectivity index (χ3v) is 5.00. The molecular weight excluding hydrogens is 380 g/mol. The summed E-state index contributed by atoms with van der Waals surface area (Å²) in [5.41, 5.74) is 1.89. The quantitative estimate of drug-likeness (QED) is 0.752. The Balaban J connectivity index is 1.44. The number of halogens is 2. The molecule has 152 valence electrons. The van der Waals surface area contributed by atoms with Gasteiger partial charge in [-0.1, -0.05) is 0 Å². The van der Waals surface area contributed by atoms with Crippen molar-refractivity contribution < 1.29 is 23.0 Å². The highest BCUT2D eigenvalue weighted by Crippen LogP contribution is 2.32. The van der Waals surface area contributed by atoms with Crippen molar-refractivity contribution in [1.82, 2.24) is 0 Å². The summed E-state index contributed by atoms with van der Waals surface area (Å²) in [6.45, 7) is 1.76. The molecule has 8 heteroatoms. The first-order valence-corrected chi connectivity index (χ1v) is 9.39. The van der Waals surface area contributed by atoms with Crippen molar-refractivity contribution in [3.8, 4) is 0 Å². The van der Waals surface area contributed by atoms with Gasteiger partial charge in [0.15, 0.2) is 6.29 Å². The minimum Gasteiger partial charge on any atom is -0.372 e. The summed E-state index contributed by atoms with van der Waals surface area (Å²) in [5, 5.41) is 2.69. The van der Waals surface area contributed by atoms with Crippen LogP contribution in [0, 0.1) is 11.6 Å². The molecule has 1 N–H and O–H groups in total. The van der Waals surface area contributed by atoms with Crippen molar-refractivity contribution in [2.75, 3.05) is 37.0 Å². The summed E-state index contributed by atoms with van der Waals surface area (Å²) in [4.78, 5) is 18.1. The molecule has 0 aliphatic carbocycles. The van der Waals surface area contributed by atoms with E-state index >= 15 is 0 Å². The number of anilines is 2. The van der Waals surface area contributed by atoms with Crippen LogP contribution >= 0.6 is 0 Å². The Kier molecular flexibility index (Phi) is 5.55. The molecule has 2 aromatic carbocycles. The molecule has 0 bridgehead atoms. The molecule has 2 aliphatic heterocycles. The number of hydrogen-bond acceptors (Lipinski definition) is 5. The number of hydrogen-bond donors (Lipinski definition) is 1. The SMILES string of the molecule is CN(CCC1OCCO1)c1ccc(N=CC2C(=O)Nc3ccc(F)cc32)cc1F. The second-order valence-corrected chi connectivity index (χ2v) is 6.99. The second kappa shape index (κ2) is 8.26. The second-order valence-electron chi connectivity index (χ2n) is 6.99. The molecule has 29 heavy (non-hydrogen) atoms. The number of nitrogens with one attached hydrogen (secondary N) is 1. The number of nitrogens with zero attached hydrogens (tertiary/aromatic N) is 2. The molecule has 1 saturated heterocycles. The topological polar surface area (TPSA) is 63.2 Å². The van der Waals surface area contributed by atoms with Crippen LogP contribution in [0.5, 0.6) is 0 Å². The van der Waals surface area contributed by atoms with Crippen LogP contribution in [0.3, 0.4) is 0 Å². The van der Waals surface area contributed by atoms with Crippen LogP contribution in [0.15, 0.2) is 41.4 Å². The number of aliphatic imine (C=N–C) groups is 1. The Labute approximate surface area is 167 Å². The summed E-state index contributed by atoms with van der Waals surface area (Å²) in [6, 6.07) is 8.73. The average molecular weight is 401 g/mol. The summed E-state index contributed by atoms with van der Waals surface area (Å²) in [6.07, 6.45) is 1.81. The zero-order valence-corrected chi connectivity index (χ0v) is 15.9. The lowest BCUT2D eigenvalue weighted by atomic mass is 10.0. The number of amides is 1. The highest BCUT2D eigenvalue weighted by Gasteiger charge is 2.29. The van der Waals surface area contributed by atoms with Crippen LogP contribution in [0.2, 0.25) is 0 Å². The van der Waals surface area contributed by atoms with E-state index in [1.165, 1.54) is 30.5 Å². The molecule has 6 nitrogen and oxygen atoms in total. The van der Waals surface area contributed by atoms with Crippen LogP contribution in [-0.2, 0) is 14.3 Å². The summed E-state index contributed by atoms with van der Waals surface area (Å²) >= 11 is 0. The maximum atomic E-state index is 14.6. The standard InChI is InChI=1S/C21H21F2N3O3/c1-26(7-6-20-28-8-9-29-20)19-5-3-14(11-17(19)23)24-12-16-15-10-13(22)2-4-18(15)25-21(16)27/h2-5,10-12,16,20H,6-9H2,1H3,(H,25,27). The summed E-state index contributed by atoms with van der Waals surface area (Å²) < 4.78 is 38.9. The molecule has 0 aromatic heterocycles. The maximum Gasteiger partial charge on any atom is 0.237 e. The largest absolute Gasteiger partial charge is 0.372 e. The van der Waals surface area contributed by atoms with E-state index in [-0.39, 0.29) is 12.2 Å². The van der Waals surface area contributed by atoms with E-state index in [9.17, 15) is 13.6 Å². The Hall–Kier alpha value is -2.84. The highest BCUT2D eigenvalue weighted by atomic mass is 19.1. The lowest BCUT2D eigenvalue weighted by molar-refractivity contribution is -0.115. The van der Waals surface area contributed by atoms with Crippen molar-refractivity contribution in [2.24, 2.45) is 4.99 Å². The van der Waals surface area contributed by atoms with Gasteiger partial charge in [-0.25, -0.2) is 8.78 Å². The first-order valence-electron chi connectivity index (χ1n) is 9.39. The van der Waals surface area contributed by atoms with E-state index in [4.69, 9.17) is 9.47 Å². The van der Waals surface area contributed by atoms with E-state index in [0.29, 0.717) is 48.8 Å². The maximum absolute atomic E-state index is 14.6. The Bertz CT molecular complexity index is 945. The van der Waals surface area contributed by atoms with Crippen LogP contribution < -0.4 is 10.2 Å². The van der Waals surface area contributed by atoms with Gasteiger partial charge in [-0.3, -0.25) is 9.79 Å². The molecule has 1 amide bonds. The van der Waals surface area contributed by atoms with Crippen LogP contribution in [0.4, 0.5) is 25.8 Å². The van der Waals surface area contributed by atoms with Gasteiger partial charge < -0.3 is 19.7 Å². The van der Waals surface area contributed by atoms with Gasteiger partial charge in [0, 0.05) is 38.0 Å². The van der Waals surface area contributed by atoms with Crippen LogP contribution in [0.1, 0.15) is 17.9 Å². The predicted octanol–water partition coefficient (Wildman–Crippen LogP) is 3.60. The fraction of sp³-hybridized carbons (Fsp3) is 0.333. The number of carbonyl (C=O) groups excluding carboxylic acids is 1. The lowest BCUT2D eigenvalue weighted by Gasteiger charge is -2.21. The van der Waals surface area contributed by atoms with Gasteiger partial charge in [0.1, 0.15) is 17.6 Å². The molecule has 0 saturated carbocycles. The van der Waals surface area contributed by atoms with E-state index in [1.54, 1.807) is 24.1 Å². The first-order chi connectivity index (χ1) is 14.0. The summed E-state index contributed by atoms with van der Waals surface area (Å²) in [5.74, 6) is -1.84. The zero-order chi connectivity index (χ0) is 20.4. The third kappa shape index (κ3) is 4.28. The van der Waals surface area contributed by atoms with Gasteiger partial charge in [0.2, 0.25) is 5.91 Å². The van der Waals surface area contributed by atoms with Crippen molar-refractivity contribution in [1.29, 1.82) is 0 Å². The van der Waals surface area contributed by atoms with Gasteiger partial charge in [-0.05, 0) is 35.9 Å². The molecule has 4 rings (SSSR count). The predicted molar refractivity (Wildman–Crippen MR) is 106 cm³/mol. The Morgan fingerprint density at radius 3 is 2.76 bits per heavy atom. The number of ether oxygens (including phenoxy) is 2. The molecule has 0 radical (unpaired) electrons. The number of rotatable bonds is 6. The molecule has 2 aromatic rings. The van der Waals surface area contributed by atoms with Crippen molar-refractivity contribution in [3.63, 3.8) is 0 Å². The molecule has 2 aliphatic rings. The monoisotopic (exact) mass is 401 g/mol. The highest BCUT2D eigenvalue weighted by molar-refractivity contribution is 6.12. The smallest absolute Gasteiger partial charge is 0.237 e. The number of carbonyl (C=O) groups is 1. The average Bonchev–Trinajstić information content (AvgIpc) is 3.32. The van der Waals surface area contributed by atoms with Crippen molar-refractivity contribution in [3.05, 3.63) is 53.6 Å². The van der Waals surface area contributed by atoms with Crippen LogP contribution in [0.25, 0.3) is 0 Å². The van der Waals surface area contributed by atoms with Gasteiger partial charge in [0.05, 0.1) is 24.6 Å².